The SMILES string of the molecule is COC(=O)c1ccc(C(=O)N(/N=C/c2cc(OC)c(OC)c(OC)c2)c2nc3ccc(F)cc3s2)cc1. The van der Waals surface area contributed by atoms with E-state index in [4.69, 9.17) is 18.9 Å². The number of benzene rings is 3. The standard InChI is InChI=1S/C26H22FN3O6S/c1-33-20-11-15(12-21(34-2)23(20)35-3)14-28-30(26-29-19-10-9-18(27)13-22(19)37-26)24(31)16-5-7-17(8-6-16)25(32)36-4/h5-14H,1-4H3/b28-14+. The highest BCUT2D eigenvalue weighted by molar-refractivity contribution is 7.22. The fraction of sp³-hybridized carbons (Fsp3) is 0.154. The van der Waals surface area contributed by atoms with E-state index in [1.165, 1.54) is 77.1 Å². The van der Waals surface area contributed by atoms with Crippen molar-refractivity contribution in [1.82, 2.24) is 4.98 Å². The summed E-state index contributed by atoms with van der Waals surface area (Å²) in [7, 11) is 5.76. The van der Waals surface area contributed by atoms with Crippen LogP contribution in [0.2, 0.25) is 0 Å². The van der Waals surface area contributed by atoms with Crippen LogP contribution in [0.4, 0.5) is 9.52 Å². The lowest BCUT2D eigenvalue weighted by molar-refractivity contribution is 0.0600. The van der Waals surface area contributed by atoms with Gasteiger partial charge in [0.25, 0.3) is 5.91 Å². The Hall–Kier alpha value is -4.51. The molecule has 1 amide bonds. The van der Waals surface area contributed by atoms with Crippen LogP contribution >= 0.6 is 11.3 Å². The zero-order chi connectivity index (χ0) is 26.5. The number of ether oxygens (including phenoxy) is 4. The Morgan fingerprint density at radius 3 is 2.16 bits per heavy atom. The van der Waals surface area contributed by atoms with Crippen LogP contribution in [0.15, 0.2) is 59.7 Å². The van der Waals surface area contributed by atoms with Crippen LogP contribution in [-0.2, 0) is 4.74 Å². The van der Waals surface area contributed by atoms with Crippen molar-refractivity contribution in [3.8, 4) is 17.2 Å². The normalized spacial score (nSPS) is 10.9. The second-order valence-corrected chi connectivity index (χ2v) is 8.51. The van der Waals surface area contributed by atoms with Gasteiger partial charge in [0.05, 0.1) is 50.4 Å². The summed E-state index contributed by atoms with van der Waals surface area (Å²) in [5, 5.41) is 5.75. The summed E-state index contributed by atoms with van der Waals surface area (Å²) in [5.74, 6) is -0.219. The van der Waals surface area contributed by atoms with Crippen molar-refractivity contribution in [2.75, 3.05) is 33.4 Å². The molecule has 1 heterocycles. The van der Waals surface area contributed by atoms with Gasteiger partial charge < -0.3 is 18.9 Å². The Balaban J connectivity index is 1.77. The van der Waals surface area contributed by atoms with Gasteiger partial charge in [-0.3, -0.25) is 4.79 Å². The lowest BCUT2D eigenvalue weighted by atomic mass is 10.1. The number of carbonyl (C=O) groups is 2. The number of aromatic nitrogens is 1. The van der Waals surface area contributed by atoms with Gasteiger partial charge in [-0.15, -0.1) is 0 Å². The summed E-state index contributed by atoms with van der Waals surface area (Å²) in [4.78, 5) is 29.8. The zero-order valence-electron chi connectivity index (χ0n) is 20.4. The molecule has 0 saturated heterocycles. The minimum Gasteiger partial charge on any atom is -0.493 e. The van der Waals surface area contributed by atoms with Gasteiger partial charge in [0.15, 0.2) is 11.5 Å². The fourth-order valence-electron chi connectivity index (χ4n) is 3.45. The first-order valence-corrected chi connectivity index (χ1v) is 11.6. The summed E-state index contributed by atoms with van der Waals surface area (Å²) < 4.78 is 35.2. The molecule has 0 atom stereocenters. The number of anilines is 1. The second-order valence-electron chi connectivity index (χ2n) is 7.50. The number of amides is 1. The van der Waals surface area contributed by atoms with Gasteiger partial charge in [-0.05, 0) is 54.6 Å². The molecule has 9 nitrogen and oxygen atoms in total. The van der Waals surface area contributed by atoms with Crippen molar-refractivity contribution >= 4 is 44.8 Å². The molecular formula is C26H22FN3O6S. The molecule has 0 fully saturated rings. The highest BCUT2D eigenvalue weighted by atomic mass is 32.1. The van der Waals surface area contributed by atoms with E-state index in [1.54, 1.807) is 12.1 Å². The molecule has 0 bridgehead atoms. The maximum absolute atomic E-state index is 13.8. The van der Waals surface area contributed by atoms with Crippen LogP contribution < -0.4 is 19.2 Å². The van der Waals surface area contributed by atoms with Crippen LogP contribution in [0.25, 0.3) is 10.2 Å². The molecule has 0 saturated carbocycles. The summed E-state index contributed by atoms with van der Waals surface area (Å²) in [5.41, 5.74) is 1.62. The van der Waals surface area contributed by atoms with Crippen molar-refractivity contribution in [3.63, 3.8) is 0 Å². The number of halogens is 1. The van der Waals surface area contributed by atoms with E-state index >= 15 is 0 Å². The lowest BCUT2D eigenvalue weighted by Crippen LogP contribution is -2.25. The minimum absolute atomic E-state index is 0.228. The molecule has 0 aliphatic heterocycles. The summed E-state index contributed by atoms with van der Waals surface area (Å²) in [6, 6.07) is 13.4. The molecule has 4 aromatic rings. The van der Waals surface area contributed by atoms with Gasteiger partial charge in [-0.2, -0.15) is 10.1 Å². The molecule has 11 heteroatoms. The largest absolute Gasteiger partial charge is 0.493 e. The van der Waals surface area contributed by atoms with E-state index < -0.39 is 17.7 Å². The van der Waals surface area contributed by atoms with Crippen molar-refractivity contribution in [3.05, 3.63) is 77.1 Å². The van der Waals surface area contributed by atoms with Gasteiger partial charge in [0.2, 0.25) is 10.9 Å². The number of fused-ring (bicyclic) bond motifs is 1. The molecule has 3 aromatic carbocycles. The molecule has 190 valence electrons. The Morgan fingerprint density at radius 1 is 0.919 bits per heavy atom. The third kappa shape index (κ3) is 5.36. The molecule has 0 N–H and O–H groups in total. The number of carbonyl (C=O) groups excluding carboxylic acids is 2. The Labute approximate surface area is 215 Å². The first kappa shape index (κ1) is 25.6. The number of hydrazone groups is 1. The second kappa shape index (κ2) is 11.0. The lowest BCUT2D eigenvalue weighted by Gasteiger charge is -2.15. The van der Waals surface area contributed by atoms with E-state index in [9.17, 15) is 14.0 Å². The predicted octanol–water partition coefficient (Wildman–Crippen LogP) is 4.93. The van der Waals surface area contributed by atoms with Crippen molar-refractivity contribution < 1.29 is 32.9 Å². The number of hydrogen-bond acceptors (Lipinski definition) is 9. The fourth-order valence-corrected chi connectivity index (χ4v) is 4.40. The van der Waals surface area contributed by atoms with Crippen LogP contribution in [-0.4, -0.2) is 51.5 Å². The zero-order valence-corrected chi connectivity index (χ0v) is 21.2. The highest BCUT2D eigenvalue weighted by Crippen LogP contribution is 2.38. The first-order valence-electron chi connectivity index (χ1n) is 10.8. The number of thiazole rings is 1. The average molecular weight is 524 g/mol. The van der Waals surface area contributed by atoms with E-state index in [-0.39, 0.29) is 10.7 Å². The molecule has 4 rings (SSSR count). The predicted molar refractivity (Wildman–Crippen MR) is 138 cm³/mol. The summed E-state index contributed by atoms with van der Waals surface area (Å²) in [6.07, 6.45) is 1.44. The highest BCUT2D eigenvalue weighted by Gasteiger charge is 2.22. The van der Waals surface area contributed by atoms with Gasteiger partial charge in [-0.25, -0.2) is 14.2 Å². The van der Waals surface area contributed by atoms with E-state index in [0.29, 0.717) is 38.6 Å². The molecule has 37 heavy (non-hydrogen) atoms. The summed E-state index contributed by atoms with van der Waals surface area (Å²) >= 11 is 1.11. The van der Waals surface area contributed by atoms with Crippen molar-refractivity contribution in [2.24, 2.45) is 5.10 Å². The Bertz CT molecular complexity index is 1460. The third-order valence-corrected chi connectivity index (χ3v) is 6.27. The van der Waals surface area contributed by atoms with Crippen molar-refractivity contribution in [1.29, 1.82) is 0 Å². The van der Waals surface area contributed by atoms with Crippen LogP contribution in [0.1, 0.15) is 26.3 Å². The van der Waals surface area contributed by atoms with Crippen LogP contribution in [0.3, 0.4) is 0 Å². The van der Waals surface area contributed by atoms with Gasteiger partial charge in [0, 0.05) is 11.1 Å². The molecule has 0 unspecified atom stereocenters. The molecule has 1 aromatic heterocycles. The maximum Gasteiger partial charge on any atom is 0.337 e. The number of nitrogens with zero attached hydrogens (tertiary/aromatic N) is 3. The average Bonchev–Trinajstić information content (AvgIpc) is 3.34. The van der Waals surface area contributed by atoms with E-state index in [1.807, 2.05) is 0 Å². The van der Waals surface area contributed by atoms with E-state index in [2.05, 4.69) is 10.1 Å². The maximum atomic E-state index is 13.8. The van der Waals surface area contributed by atoms with Crippen LogP contribution in [0, 0.1) is 5.82 Å². The van der Waals surface area contributed by atoms with Gasteiger partial charge >= 0.3 is 5.97 Å². The number of rotatable bonds is 8. The third-order valence-electron chi connectivity index (χ3n) is 5.28. The summed E-state index contributed by atoms with van der Waals surface area (Å²) in [6.45, 7) is 0. The molecule has 0 radical (unpaired) electrons. The Morgan fingerprint density at radius 2 is 1.57 bits per heavy atom. The number of hydrogen-bond donors (Lipinski definition) is 0. The van der Waals surface area contributed by atoms with Crippen molar-refractivity contribution in [2.45, 2.75) is 0 Å². The molecular weight excluding hydrogens is 501 g/mol. The monoisotopic (exact) mass is 523 g/mol. The van der Waals surface area contributed by atoms with Gasteiger partial charge in [0.1, 0.15) is 5.82 Å². The molecule has 0 spiro atoms. The smallest absolute Gasteiger partial charge is 0.337 e. The Kier molecular flexibility index (Phi) is 7.63. The minimum atomic E-state index is -0.524. The molecule has 0 aliphatic rings. The first-order chi connectivity index (χ1) is 17.9. The number of methoxy groups -OCH3 is 4. The topological polar surface area (TPSA) is 99.6 Å². The molecule has 0 aliphatic carbocycles. The van der Waals surface area contributed by atoms with Crippen LogP contribution in [0.5, 0.6) is 17.2 Å². The van der Waals surface area contributed by atoms with Gasteiger partial charge in [-0.1, -0.05) is 11.3 Å². The quantitative estimate of drug-likeness (QED) is 0.183. The van der Waals surface area contributed by atoms with E-state index in [0.717, 1.165) is 16.3 Å². The number of esters is 1.